The number of carbonyl (C=O) groups excluding carboxylic acids is 1. The van der Waals surface area contributed by atoms with E-state index in [1.165, 1.54) is 17.5 Å². The molecule has 0 N–H and O–H groups in total. The van der Waals surface area contributed by atoms with Crippen LogP contribution in [0, 0.1) is 11.7 Å². The van der Waals surface area contributed by atoms with Crippen LogP contribution < -0.4 is 0 Å². The largest absolute Gasteiger partial charge is 0.303 e. The van der Waals surface area contributed by atoms with E-state index < -0.39 is 0 Å². The van der Waals surface area contributed by atoms with Gasteiger partial charge in [-0.25, -0.2) is 4.39 Å². The highest BCUT2D eigenvalue weighted by Crippen LogP contribution is 2.48. The molecule has 2 atom stereocenters. The number of ketones is 1. The Morgan fingerprint density at radius 2 is 1.73 bits per heavy atom. The van der Waals surface area contributed by atoms with Crippen LogP contribution in [0.15, 0.2) is 54.6 Å². The van der Waals surface area contributed by atoms with E-state index in [-0.39, 0.29) is 11.2 Å². The van der Waals surface area contributed by atoms with Crippen molar-refractivity contribution >= 4 is 5.78 Å². The summed E-state index contributed by atoms with van der Waals surface area (Å²) in [4.78, 5) is 15.0. The van der Waals surface area contributed by atoms with Gasteiger partial charge in [0.05, 0.1) is 5.41 Å². The molecule has 1 saturated carbocycles. The highest BCUT2D eigenvalue weighted by atomic mass is 19.1. The van der Waals surface area contributed by atoms with Crippen LogP contribution in [-0.4, -0.2) is 30.3 Å². The third kappa shape index (κ3) is 3.33. The van der Waals surface area contributed by atoms with Crippen molar-refractivity contribution in [2.75, 3.05) is 19.6 Å². The Bertz CT molecular complexity index is 763. The number of Topliss-reactive ketones (excluding diaryl/α,β-unsaturated/α-hetero) is 1. The number of piperidine rings is 1. The molecule has 2 aromatic carbocycles. The predicted octanol–water partition coefficient (Wildman–Crippen LogP) is 4.55. The van der Waals surface area contributed by atoms with E-state index in [1.54, 1.807) is 19.1 Å². The molecule has 0 spiro atoms. The molecule has 1 aliphatic heterocycles. The smallest absolute Gasteiger partial charge is 0.140 e. The van der Waals surface area contributed by atoms with E-state index in [4.69, 9.17) is 0 Å². The van der Waals surface area contributed by atoms with Gasteiger partial charge in [-0.15, -0.1) is 0 Å². The molecule has 0 bridgehead atoms. The number of benzene rings is 2. The summed E-state index contributed by atoms with van der Waals surface area (Å²) in [6, 6.07) is 17.2. The van der Waals surface area contributed by atoms with Crippen LogP contribution in [0.5, 0.6) is 0 Å². The maximum atomic E-state index is 13.1. The van der Waals surface area contributed by atoms with Crippen molar-refractivity contribution in [2.24, 2.45) is 5.92 Å². The molecule has 26 heavy (non-hydrogen) atoms. The van der Waals surface area contributed by atoms with Gasteiger partial charge in [0, 0.05) is 6.54 Å². The second-order valence-electron chi connectivity index (χ2n) is 7.96. The maximum absolute atomic E-state index is 13.1. The predicted molar refractivity (Wildman–Crippen MR) is 102 cm³/mol. The fourth-order valence-corrected chi connectivity index (χ4v) is 4.62. The van der Waals surface area contributed by atoms with E-state index in [0.717, 1.165) is 32.5 Å². The van der Waals surface area contributed by atoms with Crippen LogP contribution in [0.2, 0.25) is 0 Å². The van der Waals surface area contributed by atoms with Gasteiger partial charge < -0.3 is 4.90 Å². The summed E-state index contributed by atoms with van der Waals surface area (Å²) in [5, 5.41) is 0. The van der Waals surface area contributed by atoms with Crippen molar-refractivity contribution in [1.29, 1.82) is 0 Å². The molecule has 0 amide bonds. The number of likely N-dealkylation sites (tertiary alicyclic amines) is 1. The molecule has 136 valence electrons. The molecule has 4 rings (SSSR count). The summed E-state index contributed by atoms with van der Waals surface area (Å²) in [6.07, 6.45) is 3.00. The lowest BCUT2D eigenvalue weighted by Crippen LogP contribution is -2.47. The number of hydrogen-bond acceptors (Lipinski definition) is 2. The van der Waals surface area contributed by atoms with Crippen LogP contribution in [0.25, 0.3) is 0 Å². The lowest BCUT2D eigenvalue weighted by atomic mass is 9.70. The van der Waals surface area contributed by atoms with Gasteiger partial charge in [-0.05, 0) is 74.4 Å². The maximum Gasteiger partial charge on any atom is 0.140 e. The van der Waals surface area contributed by atoms with Crippen molar-refractivity contribution < 1.29 is 9.18 Å². The van der Waals surface area contributed by atoms with Crippen LogP contribution >= 0.6 is 0 Å². The van der Waals surface area contributed by atoms with Gasteiger partial charge in [-0.2, -0.15) is 0 Å². The molecule has 3 heteroatoms. The molecule has 0 aromatic heterocycles. The zero-order valence-electron chi connectivity index (χ0n) is 15.3. The Morgan fingerprint density at radius 3 is 2.35 bits per heavy atom. The fourth-order valence-electron chi connectivity index (χ4n) is 4.62. The standard InChI is InChI=1S/C23H26FNO/c1-17(26)23(20-5-3-2-4-6-20)11-13-25(14-12-23)16-19-15-22(19)18-7-9-21(24)10-8-18/h2-10,19,22H,11-16H2,1H3/t19-,22+/m0/s1. The lowest BCUT2D eigenvalue weighted by molar-refractivity contribution is -0.124. The van der Waals surface area contributed by atoms with E-state index in [9.17, 15) is 9.18 Å². The van der Waals surface area contributed by atoms with Crippen molar-refractivity contribution in [3.8, 4) is 0 Å². The van der Waals surface area contributed by atoms with Crippen molar-refractivity contribution in [1.82, 2.24) is 4.90 Å². The summed E-state index contributed by atoms with van der Waals surface area (Å²) in [7, 11) is 0. The number of halogens is 1. The first-order valence-corrected chi connectivity index (χ1v) is 9.63. The number of carbonyl (C=O) groups is 1. The summed E-state index contributed by atoms with van der Waals surface area (Å²) in [5.41, 5.74) is 2.12. The Hall–Kier alpha value is -2.00. The molecule has 2 aliphatic rings. The molecule has 2 nitrogen and oxygen atoms in total. The van der Waals surface area contributed by atoms with Crippen LogP contribution in [0.4, 0.5) is 4.39 Å². The fraction of sp³-hybridized carbons (Fsp3) is 0.435. The average Bonchev–Trinajstić information content (AvgIpc) is 3.43. The van der Waals surface area contributed by atoms with Gasteiger partial charge in [-0.1, -0.05) is 42.5 Å². The Balaban J connectivity index is 1.37. The number of hydrogen-bond donors (Lipinski definition) is 0. The van der Waals surface area contributed by atoms with Gasteiger partial charge in [0.25, 0.3) is 0 Å². The highest BCUT2D eigenvalue weighted by Gasteiger charge is 2.43. The molecule has 2 aromatic rings. The van der Waals surface area contributed by atoms with Gasteiger partial charge in [0.15, 0.2) is 0 Å². The first-order chi connectivity index (χ1) is 12.6. The monoisotopic (exact) mass is 351 g/mol. The molecule has 2 fully saturated rings. The minimum atomic E-state index is -0.308. The minimum Gasteiger partial charge on any atom is -0.303 e. The van der Waals surface area contributed by atoms with Gasteiger partial charge >= 0.3 is 0 Å². The summed E-state index contributed by atoms with van der Waals surface area (Å²) in [6.45, 7) is 4.78. The molecular formula is C23H26FNO. The zero-order chi connectivity index (χ0) is 18.1. The van der Waals surface area contributed by atoms with Gasteiger partial charge in [0.1, 0.15) is 11.6 Å². The van der Waals surface area contributed by atoms with Crippen molar-refractivity contribution in [2.45, 2.75) is 37.5 Å². The summed E-state index contributed by atoms with van der Waals surface area (Å²) in [5.74, 6) is 1.37. The molecule has 1 aliphatic carbocycles. The first kappa shape index (κ1) is 17.4. The van der Waals surface area contributed by atoms with E-state index in [0.29, 0.717) is 17.6 Å². The number of rotatable bonds is 5. The average molecular weight is 351 g/mol. The molecule has 1 saturated heterocycles. The topological polar surface area (TPSA) is 20.3 Å². The van der Waals surface area contributed by atoms with Gasteiger partial charge in [-0.3, -0.25) is 4.79 Å². The van der Waals surface area contributed by atoms with Crippen LogP contribution in [0.1, 0.15) is 43.2 Å². The second-order valence-corrected chi connectivity index (χ2v) is 7.96. The highest BCUT2D eigenvalue weighted by molar-refractivity contribution is 5.88. The van der Waals surface area contributed by atoms with Crippen molar-refractivity contribution in [3.05, 3.63) is 71.5 Å². The molecule has 0 radical (unpaired) electrons. The Morgan fingerprint density at radius 1 is 1.08 bits per heavy atom. The first-order valence-electron chi connectivity index (χ1n) is 9.63. The Labute approximate surface area is 155 Å². The van der Waals surface area contributed by atoms with Crippen LogP contribution in [0.3, 0.4) is 0 Å². The molecule has 0 unspecified atom stereocenters. The van der Waals surface area contributed by atoms with E-state index >= 15 is 0 Å². The Kier molecular flexibility index (Phi) is 4.66. The summed E-state index contributed by atoms with van der Waals surface area (Å²) < 4.78 is 13.1. The third-order valence-corrected chi connectivity index (χ3v) is 6.42. The van der Waals surface area contributed by atoms with Crippen molar-refractivity contribution in [3.63, 3.8) is 0 Å². The van der Waals surface area contributed by atoms with E-state index in [1.807, 2.05) is 30.3 Å². The normalized spacial score (nSPS) is 25.0. The SMILES string of the molecule is CC(=O)C1(c2ccccc2)CCN(C[C@@H]2C[C@@H]2c2ccc(F)cc2)CC1. The van der Waals surface area contributed by atoms with Gasteiger partial charge in [0.2, 0.25) is 0 Å². The molecule has 1 heterocycles. The third-order valence-electron chi connectivity index (χ3n) is 6.42. The molecular weight excluding hydrogens is 325 g/mol. The lowest BCUT2D eigenvalue weighted by Gasteiger charge is -2.40. The number of nitrogens with zero attached hydrogens (tertiary/aromatic N) is 1. The zero-order valence-corrected chi connectivity index (χ0v) is 15.3. The quantitative estimate of drug-likeness (QED) is 0.787. The minimum absolute atomic E-state index is 0.163. The van der Waals surface area contributed by atoms with E-state index in [2.05, 4.69) is 17.0 Å². The summed E-state index contributed by atoms with van der Waals surface area (Å²) >= 11 is 0. The second kappa shape index (κ2) is 6.96. The van der Waals surface area contributed by atoms with Crippen LogP contribution in [-0.2, 0) is 10.2 Å².